The Morgan fingerprint density at radius 2 is 1.80 bits per heavy atom. The van der Waals surface area contributed by atoms with Crippen LogP contribution in [0.2, 0.25) is 0 Å². The molecule has 2 aliphatic rings. The zero-order valence-electron chi connectivity index (χ0n) is 11.0. The second-order valence-corrected chi connectivity index (χ2v) is 3.60. The first kappa shape index (κ1) is 14.1. The number of fused-ring (bicyclic) bond motifs is 1. The Labute approximate surface area is 115 Å². The smallest absolute Gasteiger partial charge is 0.313 e. The van der Waals surface area contributed by atoms with Gasteiger partial charge < -0.3 is 4.84 Å². The first-order chi connectivity index (χ1) is 9.74. The molecule has 2 aliphatic heterocycles. The molecule has 0 saturated heterocycles. The molecular formula is C13H13N3O4. The van der Waals surface area contributed by atoms with Crippen molar-refractivity contribution in [2.24, 2.45) is 0 Å². The number of aromatic nitrogens is 2. The van der Waals surface area contributed by atoms with Gasteiger partial charge in [0.25, 0.3) is 0 Å². The molecule has 3 rings (SSSR count). The van der Waals surface area contributed by atoms with E-state index in [2.05, 4.69) is 24.5 Å². The summed E-state index contributed by atoms with van der Waals surface area (Å²) in [6, 6.07) is 10.4. The summed E-state index contributed by atoms with van der Waals surface area (Å²) < 4.78 is 0. The lowest BCUT2D eigenvalue weighted by Gasteiger charge is -2.13. The van der Waals surface area contributed by atoms with Gasteiger partial charge >= 0.3 is 5.97 Å². The van der Waals surface area contributed by atoms with Gasteiger partial charge in [0.05, 0.1) is 19.8 Å². The van der Waals surface area contributed by atoms with Crippen molar-refractivity contribution < 1.29 is 19.3 Å². The topological polar surface area (TPSA) is 73.8 Å². The van der Waals surface area contributed by atoms with Crippen LogP contribution in [0.5, 0.6) is 0 Å². The predicted molar refractivity (Wildman–Crippen MR) is 68.7 cm³/mol. The van der Waals surface area contributed by atoms with Crippen molar-refractivity contribution in [3.05, 3.63) is 48.2 Å². The van der Waals surface area contributed by atoms with Gasteiger partial charge in [-0.05, 0) is 18.2 Å². The lowest BCUT2D eigenvalue weighted by molar-refractivity contribution is -0.485. The summed E-state index contributed by atoms with van der Waals surface area (Å²) in [5.74, 6) is 0.379. The highest BCUT2D eigenvalue weighted by molar-refractivity contribution is 5.88. The van der Waals surface area contributed by atoms with Crippen LogP contribution in [-0.2, 0) is 14.5 Å². The fourth-order valence-corrected chi connectivity index (χ4v) is 1.32. The third kappa shape index (κ3) is 3.82. The van der Waals surface area contributed by atoms with E-state index in [1.807, 2.05) is 6.07 Å². The van der Waals surface area contributed by atoms with Gasteiger partial charge in [-0.3, -0.25) is 0 Å². The fraction of sp³-hybridized carbons (Fsp3) is 0.154. The summed E-state index contributed by atoms with van der Waals surface area (Å²) in [6.07, 6.45) is 1.76. The number of carbonyl (C=O) groups is 1. The van der Waals surface area contributed by atoms with Gasteiger partial charge in [0, 0.05) is 6.20 Å². The van der Waals surface area contributed by atoms with E-state index < -0.39 is 5.97 Å². The molecular weight excluding hydrogens is 262 g/mol. The Morgan fingerprint density at radius 1 is 1.10 bits per heavy atom. The molecule has 0 fully saturated rings. The van der Waals surface area contributed by atoms with Crippen LogP contribution in [-0.4, -0.2) is 35.5 Å². The molecule has 0 atom stereocenters. The van der Waals surface area contributed by atoms with Gasteiger partial charge in [0.15, 0.2) is 5.82 Å². The molecule has 0 amide bonds. The number of nitrogens with zero attached hydrogens (tertiary/aromatic N) is 3. The molecule has 7 heteroatoms. The first-order valence-corrected chi connectivity index (χ1v) is 5.73. The minimum absolute atomic E-state index is 0.423. The molecule has 2 heterocycles. The van der Waals surface area contributed by atoms with E-state index in [0.29, 0.717) is 11.0 Å². The van der Waals surface area contributed by atoms with Crippen molar-refractivity contribution in [2.75, 3.05) is 14.2 Å². The average molecular weight is 275 g/mol. The van der Waals surface area contributed by atoms with Crippen LogP contribution in [0.4, 0.5) is 0 Å². The monoisotopic (exact) mass is 275 g/mol. The van der Waals surface area contributed by atoms with Crippen molar-refractivity contribution in [2.45, 2.75) is 0 Å². The van der Waals surface area contributed by atoms with E-state index >= 15 is 0 Å². The van der Waals surface area contributed by atoms with Gasteiger partial charge in [0.2, 0.25) is 0 Å². The van der Waals surface area contributed by atoms with Crippen LogP contribution in [0.15, 0.2) is 42.6 Å². The SMILES string of the molecule is CON(OC)OC(=O)c1ccccc1.c1cc2nc-2n1. The number of benzene rings is 1. The summed E-state index contributed by atoms with van der Waals surface area (Å²) in [4.78, 5) is 32.8. The van der Waals surface area contributed by atoms with Gasteiger partial charge in [-0.2, -0.15) is 0 Å². The molecule has 0 spiro atoms. The summed E-state index contributed by atoms with van der Waals surface area (Å²) in [5.41, 5.74) is 1.49. The van der Waals surface area contributed by atoms with Crippen molar-refractivity contribution in [3.63, 3.8) is 0 Å². The number of rotatable bonds is 4. The lowest BCUT2D eigenvalue weighted by atomic mass is 10.2. The zero-order chi connectivity index (χ0) is 14.4. The van der Waals surface area contributed by atoms with Crippen molar-refractivity contribution >= 4 is 5.97 Å². The molecule has 104 valence electrons. The largest absolute Gasteiger partial charge is 0.362 e. The quantitative estimate of drug-likeness (QED) is 0.670. The van der Waals surface area contributed by atoms with E-state index in [1.54, 1.807) is 36.5 Å². The normalized spacial score (nSPS) is 10.6. The Balaban J connectivity index is 0.000000198. The van der Waals surface area contributed by atoms with E-state index in [-0.39, 0.29) is 0 Å². The maximum absolute atomic E-state index is 11.3. The summed E-state index contributed by atoms with van der Waals surface area (Å²) in [6.45, 7) is 0. The summed E-state index contributed by atoms with van der Waals surface area (Å²) in [7, 11) is 2.64. The Bertz CT molecular complexity index is 556. The van der Waals surface area contributed by atoms with Crippen molar-refractivity contribution in [1.82, 2.24) is 15.4 Å². The average Bonchev–Trinajstić information content (AvgIpc) is 3.12. The molecule has 7 nitrogen and oxygen atoms in total. The molecule has 0 aromatic heterocycles. The predicted octanol–water partition coefficient (Wildman–Crippen LogP) is 1.64. The molecule has 0 aliphatic carbocycles. The van der Waals surface area contributed by atoms with Crippen molar-refractivity contribution in [3.8, 4) is 11.5 Å². The second kappa shape index (κ2) is 6.71. The number of hydrogen-bond donors (Lipinski definition) is 0. The Hall–Kier alpha value is -2.35. The zero-order valence-corrected chi connectivity index (χ0v) is 11.0. The van der Waals surface area contributed by atoms with Gasteiger partial charge in [-0.25, -0.2) is 24.4 Å². The van der Waals surface area contributed by atoms with Crippen LogP contribution in [0, 0.1) is 0 Å². The maximum Gasteiger partial charge on any atom is 0.362 e. The maximum atomic E-state index is 11.3. The van der Waals surface area contributed by atoms with E-state index in [9.17, 15) is 4.79 Å². The van der Waals surface area contributed by atoms with Gasteiger partial charge in [0.1, 0.15) is 11.1 Å². The van der Waals surface area contributed by atoms with Crippen LogP contribution < -0.4 is 0 Å². The van der Waals surface area contributed by atoms with Crippen LogP contribution >= 0.6 is 0 Å². The third-order valence-electron chi connectivity index (χ3n) is 2.30. The van der Waals surface area contributed by atoms with Crippen LogP contribution in [0.1, 0.15) is 10.4 Å². The summed E-state index contributed by atoms with van der Waals surface area (Å²) in [5, 5.41) is 0.620. The Kier molecular flexibility index (Phi) is 4.72. The van der Waals surface area contributed by atoms with Gasteiger partial charge in [-0.15, -0.1) is 0 Å². The van der Waals surface area contributed by atoms with Crippen molar-refractivity contribution in [1.29, 1.82) is 0 Å². The minimum Gasteiger partial charge on any atom is -0.313 e. The minimum atomic E-state index is -0.547. The molecule has 0 radical (unpaired) electrons. The summed E-state index contributed by atoms with van der Waals surface area (Å²) >= 11 is 0. The van der Waals surface area contributed by atoms with E-state index in [4.69, 9.17) is 0 Å². The molecule has 0 saturated carbocycles. The van der Waals surface area contributed by atoms with Gasteiger partial charge in [-0.1, -0.05) is 18.2 Å². The molecule has 1 aromatic carbocycles. The van der Waals surface area contributed by atoms with Crippen LogP contribution in [0.3, 0.4) is 0 Å². The third-order valence-corrected chi connectivity index (χ3v) is 2.30. The van der Waals surface area contributed by atoms with E-state index in [1.165, 1.54) is 14.2 Å². The highest BCUT2D eigenvalue weighted by Gasteiger charge is 2.13. The molecule has 0 unspecified atom stereocenters. The van der Waals surface area contributed by atoms with E-state index in [0.717, 1.165) is 11.5 Å². The highest BCUT2D eigenvalue weighted by atomic mass is 17.2. The number of hydrogen-bond acceptors (Lipinski definition) is 7. The van der Waals surface area contributed by atoms with Crippen LogP contribution in [0.25, 0.3) is 11.5 Å². The Morgan fingerprint density at radius 3 is 2.20 bits per heavy atom. The standard InChI is InChI=1S/C9H11NO4.C4H2N2/c1-12-10(13-2)14-9(11)8-6-4-3-5-7-8;1-2-5-4-3(1)6-4/h3-7H,1-2H3;1-2H. The molecule has 1 aromatic rings. The lowest BCUT2D eigenvalue weighted by Crippen LogP contribution is -2.25. The fourth-order valence-electron chi connectivity index (χ4n) is 1.32. The number of carbonyl (C=O) groups excluding carboxylic acids is 1. The molecule has 20 heavy (non-hydrogen) atoms. The first-order valence-electron chi connectivity index (χ1n) is 5.73. The molecule has 0 bridgehead atoms. The molecule has 0 N–H and O–H groups in total. The second-order valence-electron chi connectivity index (χ2n) is 3.60. The highest BCUT2D eigenvalue weighted by Crippen LogP contribution is 2.21.